The number of halogens is 2. The number of hydrogen-bond acceptors (Lipinski definition) is 7. The molecule has 2 amide bonds. The molecular formula is C21H32ClFN6O4. The normalized spacial score (nSPS) is 19.5. The largest absolute Gasteiger partial charge is 0.444 e. The Labute approximate surface area is 198 Å². The van der Waals surface area contributed by atoms with Gasteiger partial charge in [-0.05, 0) is 78.8 Å². The lowest BCUT2D eigenvalue weighted by Gasteiger charge is -2.31. The predicted molar refractivity (Wildman–Crippen MR) is 123 cm³/mol. The minimum absolute atomic E-state index is 0.0233. The van der Waals surface area contributed by atoms with Gasteiger partial charge in [-0.15, -0.1) is 4.99 Å². The van der Waals surface area contributed by atoms with E-state index in [0.29, 0.717) is 6.42 Å². The molecule has 184 valence electrons. The molecule has 1 aliphatic carbocycles. The van der Waals surface area contributed by atoms with Crippen LogP contribution in [0.2, 0.25) is 5.28 Å². The van der Waals surface area contributed by atoms with Crippen LogP contribution in [0, 0.1) is 5.82 Å². The highest BCUT2D eigenvalue weighted by atomic mass is 35.5. The van der Waals surface area contributed by atoms with Crippen molar-refractivity contribution in [3.8, 4) is 0 Å². The van der Waals surface area contributed by atoms with Gasteiger partial charge in [-0.3, -0.25) is 5.32 Å². The summed E-state index contributed by atoms with van der Waals surface area (Å²) in [5.74, 6) is -0.663. The fraction of sp³-hybridized carbons (Fsp3) is 0.667. The molecule has 3 N–H and O–H groups in total. The van der Waals surface area contributed by atoms with Gasteiger partial charge < -0.3 is 20.1 Å². The Balaban J connectivity index is 2.10. The molecule has 10 nitrogen and oxygen atoms in total. The minimum Gasteiger partial charge on any atom is -0.444 e. The van der Waals surface area contributed by atoms with Gasteiger partial charge in [0, 0.05) is 12.1 Å². The minimum atomic E-state index is -0.857. The van der Waals surface area contributed by atoms with Crippen LogP contribution in [0.25, 0.3) is 0 Å². The van der Waals surface area contributed by atoms with Crippen molar-refractivity contribution in [3.05, 3.63) is 17.3 Å². The molecule has 1 heterocycles. The first-order chi connectivity index (χ1) is 15.2. The molecule has 0 aliphatic heterocycles. The average molecular weight is 487 g/mol. The quantitative estimate of drug-likeness (QED) is 0.326. The molecule has 2 rings (SSSR count). The number of hydrogen-bond donors (Lipinski definition) is 3. The van der Waals surface area contributed by atoms with E-state index in [1.807, 2.05) is 0 Å². The fourth-order valence-corrected chi connectivity index (χ4v) is 3.29. The summed E-state index contributed by atoms with van der Waals surface area (Å²) in [6.45, 7) is 10.3. The SMILES string of the molecule is CC(C)(C)OC(=O)/N=C(/NC(=O)OC(C)(C)C)N[C@@H]1CCC[C@H](Nc2nc(Cl)ncc2F)C1. The molecule has 2 atom stereocenters. The van der Waals surface area contributed by atoms with Gasteiger partial charge in [-0.1, -0.05) is 0 Å². The number of amides is 2. The molecule has 1 aliphatic rings. The highest BCUT2D eigenvalue weighted by molar-refractivity contribution is 6.28. The van der Waals surface area contributed by atoms with Crippen LogP contribution in [0.5, 0.6) is 0 Å². The molecule has 0 spiro atoms. The van der Waals surface area contributed by atoms with E-state index in [0.717, 1.165) is 25.5 Å². The van der Waals surface area contributed by atoms with Gasteiger partial charge in [0.1, 0.15) is 11.2 Å². The number of aliphatic imine (C=N–C) groups is 1. The van der Waals surface area contributed by atoms with Gasteiger partial charge >= 0.3 is 12.2 Å². The first-order valence-corrected chi connectivity index (χ1v) is 11.1. The maximum Gasteiger partial charge on any atom is 0.437 e. The summed E-state index contributed by atoms with van der Waals surface area (Å²) in [5, 5.41) is 8.54. The number of anilines is 1. The molecule has 1 aromatic rings. The van der Waals surface area contributed by atoms with Crippen LogP contribution in [0.4, 0.5) is 19.8 Å². The lowest BCUT2D eigenvalue weighted by atomic mass is 9.91. The lowest BCUT2D eigenvalue weighted by molar-refractivity contribution is 0.0560. The first kappa shape index (κ1) is 26.6. The van der Waals surface area contributed by atoms with Gasteiger partial charge in [0.2, 0.25) is 11.2 Å². The summed E-state index contributed by atoms with van der Waals surface area (Å²) >= 11 is 5.77. The van der Waals surface area contributed by atoms with Gasteiger partial charge in [0.25, 0.3) is 0 Å². The number of aromatic nitrogens is 2. The number of carbonyl (C=O) groups excluding carboxylic acids is 2. The Kier molecular flexibility index (Phi) is 8.82. The van der Waals surface area contributed by atoms with Crippen LogP contribution in [-0.4, -0.2) is 51.4 Å². The molecule has 0 aromatic carbocycles. The molecule has 0 saturated heterocycles. The van der Waals surface area contributed by atoms with Crippen molar-refractivity contribution in [2.75, 3.05) is 5.32 Å². The highest BCUT2D eigenvalue weighted by Gasteiger charge is 2.26. The number of nitrogens with one attached hydrogen (secondary N) is 3. The Morgan fingerprint density at radius 3 is 2.39 bits per heavy atom. The maximum atomic E-state index is 14.0. The van der Waals surface area contributed by atoms with Crippen molar-refractivity contribution in [1.82, 2.24) is 20.6 Å². The molecule has 12 heteroatoms. The molecule has 1 aromatic heterocycles. The second-order valence-corrected chi connectivity index (χ2v) is 10.1. The molecule has 0 radical (unpaired) electrons. The number of nitrogens with zero attached hydrogens (tertiary/aromatic N) is 3. The van der Waals surface area contributed by atoms with Crippen molar-refractivity contribution in [1.29, 1.82) is 0 Å². The third kappa shape index (κ3) is 10.2. The Morgan fingerprint density at radius 1 is 1.12 bits per heavy atom. The zero-order valence-electron chi connectivity index (χ0n) is 19.8. The van der Waals surface area contributed by atoms with Crippen molar-refractivity contribution >= 4 is 35.6 Å². The molecule has 1 saturated carbocycles. The molecule has 0 unspecified atom stereocenters. The van der Waals surface area contributed by atoms with E-state index in [1.165, 1.54) is 0 Å². The van der Waals surface area contributed by atoms with E-state index in [2.05, 4.69) is 30.9 Å². The second kappa shape index (κ2) is 11.0. The third-order valence-electron chi connectivity index (χ3n) is 4.29. The van der Waals surface area contributed by atoms with Crippen LogP contribution >= 0.6 is 11.6 Å². The van der Waals surface area contributed by atoms with Crippen LogP contribution in [0.3, 0.4) is 0 Å². The topological polar surface area (TPSA) is 127 Å². The smallest absolute Gasteiger partial charge is 0.437 e. The van der Waals surface area contributed by atoms with Crippen LogP contribution in [-0.2, 0) is 9.47 Å². The summed E-state index contributed by atoms with van der Waals surface area (Å²) in [6.07, 6.45) is 2.26. The fourth-order valence-electron chi connectivity index (χ4n) is 3.16. The number of guanidine groups is 1. The predicted octanol–water partition coefficient (Wildman–Crippen LogP) is 4.40. The summed E-state index contributed by atoms with van der Waals surface area (Å²) < 4.78 is 24.5. The van der Waals surface area contributed by atoms with Gasteiger partial charge in [0.05, 0.1) is 6.20 Å². The standard InChI is InChI=1S/C21H32ClFN6O4/c1-20(2,3)32-18(30)28-17(29-19(31)33-21(4,5)6)26-13-9-7-8-12(10-13)25-15-14(23)11-24-16(22)27-15/h11-13H,7-10H2,1-6H3,(H,24,25,27)(H2,26,28,29,30,31)/t12-,13+/m0/s1. The zero-order valence-corrected chi connectivity index (χ0v) is 20.5. The van der Waals surface area contributed by atoms with E-state index in [-0.39, 0.29) is 29.1 Å². The Hall–Kier alpha value is -2.69. The van der Waals surface area contributed by atoms with Crippen molar-refractivity contribution < 1.29 is 23.5 Å². The van der Waals surface area contributed by atoms with Crippen molar-refractivity contribution in [3.63, 3.8) is 0 Å². The van der Waals surface area contributed by atoms with Gasteiger partial charge in [-0.2, -0.15) is 4.98 Å². The van der Waals surface area contributed by atoms with Crippen LogP contribution < -0.4 is 16.0 Å². The summed E-state index contributed by atoms with van der Waals surface area (Å²) in [7, 11) is 0. The van der Waals surface area contributed by atoms with E-state index in [1.54, 1.807) is 41.5 Å². The second-order valence-electron chi connectivity index (χ2n) is 9.75. The monoisotopic (exact) mass is 486 g/mol. The number of rotatable bonds is 3. The van der Waals surface area contributed by atoms with Gasteiger partial charge in [0.15, 0.2) is 11.6 Å². The highest BCUT2D eigenvalue weighted by Crippen LogP contribution is 2.23. The van der Waals surface area contributed by atoms with E-state index < -0.39 is 29.2 Å². The molecule has 33 heavy (non-hydrogen) atoms. The van der Waals surface area contributed by atoms with Crippen LogP contribution in [0.15, 0.2) is 11.2 Å². The summed E-state index contributed by atoms with van der Waals surface area (Å²) in [4.78, 5) is 35.9. The third-order valence-corrected chi connectivity index (χ3v) is 4.47. The van der Waals surface area contributed by atoms with Crippen molar-refractivity contribution in [2.45, 2.75) is 90.5 Å². The van der Waals surface area contributed by atoms with Crippen LogP contribution in [0.1, 0.15) is 67.2 Å². The summed E-state index contributed by atoms with van der Waals surface area (Å²) in [6, 6.07) is -0.297. The molecular weight excluding hydrogens is 455 g/mol. The lowest BCUT2D eigenvalue weighted by Crippen LogP contribution is -2.50. The Bertz CT molecular complexity index is 884. The Morgan fingerprint density at radius 2 is 1.76 bits per heavy atom. The van der Waals surface area contributed by atoms with E-state index in [4.69, 9.17) is 21.1 Å². The molecule has 1 fully saturated rings. The molecule has 0 bridgehead atoms. The number of ether oxygens (including phenoxy) is 2. The first-order valence-electron chi connectivity index (χ1n) is 10.7. The zero-order chi connectivity index (χ0) is 24.8. The number of carbonyl (C=O) groups is 2. The summed E-state index contributed by atoms with van der Waals surface area (Å²) in [5.41, 5.74) is -1.48. The van der Waals surface area contributed by atoms with Gasteiger partial charge in [-0.25, -0.2) is 19.0 Å². The number of alkyl carbamates (subject to hydrolysis) is 1. The van der Waals surface area contributed by atoms with E-state index in [9.17, 15) is 14.0 Å². The van der Waals surface area contributed by atoms with E-state index >= 15 is 0 Å². The van der Waals surface area contributed by atoms with Crippen molar-refractivity contribution in [2.24, 2.45) is 4.99 Å². The average Bonchev–Trinajstić information content (AvgIpc) is 2.61. The maximum absolute atomic E-state index is 14.0.